The van der Waals surface area contributed by atoms with Crippen LogP contribution in [0.2, 0.25) is 0 Å². The molecule has 0 fully saturated rings. The maximum atomic E-state index is 13.1. The molecule has 188 valence electrons. The molecular formula is C24H29F3N6O2. The quantitative estimate of drug-likeness (QED) is 0.548. The molecule has 35 heavy (non-hydrogen) atoms. The lowest BCUT2D eigenvalue weighted by atomic mass is 10.0. The minimum Gasteiger partial charge on any atom is -0.475 e. The Kier molecular flexibility index (Phi) is 7.42. The molecular weight excluding hydrogens is 461 g/mol. The topological polar surface area (TPSA) is 84.7 Å². The van der Waals surface area contributed by atoms with Gasteiger partial charge < -0.3 is 19.4 Å². The number of urea groups is 1. The number of aromatic nitrogens is 4. The lowest BCUT2D eigenvalue weighted by Crippen LogP contribution is -2.46. The molecule has 1 N–H and O–H groups in total. The van der Waals surface area contributed by atoms with E-state index in [4.69, 9.17) is 4.74 Å². The molecule has 3 aromatic rings. The minimum absolute atomic E-state index is 0.173. The number of nitrogens with one attached hydrogen (secondary N) is 1. The lowest BCUT2D eigenvalue weighted by molar-refractivity contribution is -0.136. The summed E-state index contributed by atoms with van der Waals surface area (Å²) in [7, 11) is 0. The molecule has 2 atom stereocenters. The number of pyridine rings is 1. The van der Waals surface area contributed by atoms with Gasteiger partial charge in [0.25, 0.3) is 5.88 Å². The first-order chi connectivity index (χ1) is 16.7. The van der Waals surface area contributed by atoms with Crippen LogP contribution in [0.1, 0.15) is 57.7 Å². The Bertz CT molecular complexity index is 1170. The van der Waals surface area contributed by atoms with Crippen molar-refractivity contribution in [1.82, 2.24) is 29.6 Å². The van der Waals surface area contributed by atoms with Gasteiger partial charge in [0.15, 0.2) is 0 Å². The van der Waals surface area contributed by atoms with Gasteiger partial charge in [-0.15, -0.1) is 0 Å². The Labute approximate surface area is 201 Å². The number of hydrogen-bond acceptors (Lipinski definition) is 5. The molecule has 0 unspecified atom stereocenters. The van der Waals surface area contributed by atoms with Crippen LogP contribution in [-0.2, 0) is 0 Å². The van der Waals surface area contributed by atoms with Crippen LogP contribution in [0.25, 0.3) is 16.9 Å². The average molecular weight is 491 g/mol. The second-order valence-corrected chi connectivity index (χ2v) is 8.67. The summed E-state index contributed by atoms with van der Waals surface area (Å²) < 4.78 is 46.5. The normalized spacial score (nSPS) is 19.9. The lowest BCUT2D eigenvalue weighted by Gasteiger charge is -2.30. The van der Waals surface area contributed by atoms with E-state index in [1.54, 1.807) is 17.3 Å². The number of carbonyl (C=O) groups is 1. The Morgan fingerprint density at radius 2 is 2.06 bits per heavy atom. The first kappa shape index (κ1) is 24.7. The van der Waals surface area contributed by atoms with Crippen molar-refractivity contribution in [3.63, 3.8) is 0 Å². The molecule has 11 heteroatoms. The van der Waals surface area contributed by atoms with Crippen LogP contribution in [0.4, 0.5) is 18.0 Å². The Morgan fingerprint density at radius 3 is 2.83 bits per heavy atom. The molecule has 3 aromatic heterocycles. The second kappa shape index (κ2) is 10.5. The Morgan fingerprint density at radius 1 is 1.23 bits per heavy atom. The minimum atomic E-state index is -4.28. The van der Waals surface area contributed by atoms with Gasteiger partial charge >= 0.3 is 12.2 Å². The maximum Gasteiger partial charge on any atom is 0.389 e. The van der Waals surface area contributed by atoms with Crippen LogP contribution in [0.15, 0.2) is 36.9 Å². The van der Waals surface area contributed by atoms with Crippen LogP contribution >= 0.6 is 0 Å². The zero-order valence-electron chi connectivity index (χ0n) is 19.8. The molecule has 8 nitrogen and oxygen atoms in total. The van der Waals surface area contributed by atoms with Crippen molar-refractivity contribution in [3.05, 3.63) is 42.6 Å². The first-order valence-corrected chi connectivity index (χ1v) is 11.8. The molecule has 0 aliphatic carbocycles. The number of rotatable bonds is 3. The van der Waals surface area contributed by atoms with Crippen LogP contribution in [0, 0.1) is 0 Å². The van der Waals surface area contributed by atoms with E-state index in [9.17, 15) is 18.0 Å². The third-order valence-electron chi connectivity index (χ3n) is 6.21. The fraction of sp³-hybridized carbons (Fsp3) is 0.500. The van der Waals surface area contributed by atoms with Gasteiger partial charge in [-0.1, -0.05) is 0 Å². The molecule has 1 aliphatic rings. The summed E-state index contributed by atoms with van der Waals surface area (Å²) in [5.41, 5.74) is 2.71. The highest BCUT2D eigenvalue weighted by molar-refractivity contribution is 5.75. The molecule has 0 spiro atoms. The van der Waals surface area contributed by atoms with Crippen molar-refractivity contribution in [2.24, 2.45) is 0 Å². The van der Waals surface area contributed by atoms with Crippen molar-refractivity contribution in [2.75, 3.05) is 13.2 Å². The summed E-state index contributed by atoms with van der Waals surface area (Å²) in [4.78, 5) is 28.1. The second-order valence-electron chi connectivity index (χ2n) is 8.67. The van der Waals surface area contributed by atoms with Gasteiger partial charge in [0.2, 0.25) is 5.65 Å². The van der Waals surface area contributed by atoms with E-state index in [1.165, 1.54) is 0 Å². The highest BCUT2D eigenvalue weighted by Gasteiger charge is 2.30. The molecule has 0 radical (unpaired) electrons. The zero-order valence-corrected chi connectivity index (χ0v) is 19.8. The van der Waals surface area contributed by atoms with E-state index in [1.807, 2.05) is 42.8 Å². The molecule has 0 saturated carbocycles. The van der Waals surface area contributed by atoms with E-state index in [-0.39, 0.29) is 6.42 Å². The molecule has 0 saturated heterocycles. The van der Waals surface area contributed by atoms with Crippen molar-refractivity contribution in [3.8, 4) is 17.1 Å². The van der Waals surface area contributed by atoms with Crippen LogP contribution < -0.4 is 10.1 Å². The fourth-order valence-corrected chi connectivity index (χ4v) is 4.27. The largest absolute Gasteiger partial charge is 0.475 e. The first-order valence-electron chi connectivity index (χ1n) is 11.8. The Balaban J connectivity index is 1.68. The average Bonchev–Trinajstić information content (AvgIpc) is 3.30. The van der Waals surface area contributed by atoms with Gasteiger partial charge in [0.1, 0.15) is 0 Å². The molecule has 0 aromatic carbocycles. The van der Waals surface area contributed by atoms with Crippen LogP contribution in [0.5, 0.6) is 5.88 Å². The van der Waals surface area contributed by atoms with Gasteiger partial charge in [0, 0.05) is 49.4 Å². The maximum absolute atomic E-state index is 13.1. The third-order valence-corrected chi connectivity index (χ3v) is 6.21. The SMILES string of the molecule is CCN1C(=O)N[C@@H](CCC(F)(F)F)CCCCOc2nc(cn3ccnc23)-c2ccnc(c2)[C@@H]1C. The number of halogens is 3. The van der Waals surface area contributed by atoms with Gasteiger partial charge in [0.05, 0.1) is 24.0 Å². The zero-order chi connectivity index (χ0) is 25.0. The number of hydrogen-bond donors (Lipinski definition) is 1. The molecule has 2 amide bonds. The van der Waals surface area contributed by atoms with Gasteiger partial charge in [-0.2, -0.15) is 13.2 Å². The van der Waals surface area contributed by atoms with Crippen molar-refractivity contribution in [1.29, 1.82) is 0 Å². The van der Waals surface area contributed by atoms with E-state index in [0.29, 0.717) is 55.3 Å². The van der Waals surface area contributed by atoms with Crippen molar-refractivity contribution < 1.29 is 22.7 Å². The molecule has 4 bridgehead atoms. The highest BCUT2D eigenvalue weighted by atomic mass is 19.4. The smallest absolute Gasteiger partial charge is 0.389 e. The molecule has 4 heterocycles. The predicted molar refractivity (Wildman–Crippen MR) is 124 cm³/mol. The monoisotopic (exact) mass is 490 g/mol. The van der Waals surface area contributed by atoms with E-state index >= 15 is 0 Å². The summed E-state index contributed by atoms with van der Waals surface area (Å²) in [6.07, 6.45) is 3.19. The van der Waals surface area contributed by atoms with E-state index < -0.39 is 30.7 Å². The van der Waals surface area contributed by atoms with Gasteiger partial charge in [-0.05, 0) is 51.7 Å². The van der Waals surface area contributed by atoms with Crippen LogP contribution in [0.3, 0.4) is 0 Å². The number of alkyl halides is 3. The summed E-state index contributed by atoms with van der Waals surface area (Å²) in [5.74, 6) is 0.392. The summed E-state index contributed by atoms with van der Waals surface area (Å²) in [6.45, 7) is 4.39. The number of imidazole rings is 1. The number of amides is 2. The standard InChI is InChI=1S/C24H29F3N6O2/c1-3-33-16(2)19-14-17(8-10-28-19)20-15-32-12-11-29-21(32)22(31-20)35-13-5-4-6-18(30-23(33)34)7-9-24(25,26)27/h8,10-12,14-16,18H,3-7,9,13H2,1-2H3,(H,30,34)/t16-,18+/m0/s1. The van der Waals surface area contributed by atoms with Crippen LogP contribution in [-0.4, -0.2) is 55.7 Å². The van der Waals surface area contributed by atoms with E-state index in [0.717, 1.165) is 5.56 Å². The fourth-order valence-electron chi connectivity index (χ4n) is 4.27. The Hall–Kier alpha value is -3.37. The number of nitrogens with zero attached hydrogens (tertiary/aromatic N) is 5. The molecule has 4 rings (SSSR count). The number of carbonyl (C=O) groups excluding carboxylic acids is 1. The van der Waals surface area contributed by atoms with Gasteiger partial charge in [-0.3, -0.25) is 4.98 Å². The number of ether oxygens (including phenoxy) is 1. The summed E-state index contributed by atoms with van der Waals surface area (Å²) in [6, 6.07) is 2.30. The predicted octanol–water partition coefficient (Wildman–Crippen LogP) is 5.16. The highest BCUT2D eigenvalue weighted by Crippen LogP contribution is 2.28. The van der Waals surface area contributed by atoms with Crippen molar-refractivity contribution >= 4 is 11.7 Å². The summed E-state index contributed by atoms with van der Waals surface area (Å²) >= 11 is 0. The van der Waals surface area contributed by atoms with Gasteiger partial charge in [-0.25, -0.2) is 14.8 Å². The number of fused-ring (bicyclic) bond motifs is 7. The summed E-state index contributed by atoms with van der Waals surface area (Å²) in [5, 5.41) is 2.83. The molecule has 1 aliphatic heterocycles. The van der Waals surface area contributed by atoms with E-state index in [2.05, 4.69) is 20.3 Å². The third kappa shape index (κ3) is 6.01. The van der Waals surface area contributed by atoms with Crippen molar-refractivity contribution in [2.45, 2.75) is 64.2 Å².